The molecule has 0 saturated carbocycles. The van der Waals surface area contributed by atoms with Crippen molar-refractivity contribution >= 4 is 23.2 Å². The van der Waals surface area contributed by atoms with Gasteiger partial charge in [0.05, 0.1) is 26.3 Å². The zero-order valence-electron chi connectivity index (χ0n) is 21.7. The van der Waals surface area contributed by atoms with E-state index in [1.807, 2.05) is 12.3 Å². The molecule has 1 aromatic heterocycles. The largest absolute Gasteiger partial charge is 0.379 e. The molecular weight excluding hydrogens is 477 g/mol. The van der Waals surface area contributed by atoms with Gasteiger partial charge in [-0.3, -0.25) is 14.5 Å². The molecule has 0 unspecified atom stereocenters. The van der Waals surface area contributed by atoms with Crippen molar-refractivity contribution in [3.05, 3.63) is 57.5 Å². The number of aryl methyl sites for hydroxylation is 1. The van der Waals surface area contributed by atoms with Gasteiger partial charge in [0.15, 0.2) is 0 Å². The van der Waals surface area contributed by atoms with Crippen LogP contribution >= 0.6 is 11.3 Å². The molecule has 1 aromatic carbocycles. The van der Waals surface area contributed by atoms with Crippen LogP contribution in [-0.4, -0.2) is 72.5 Å². The smallest absolute Gasteiger partial charge is 0.242 e. The van der Waals surface area contributed by atoms with Crippen molar-refractivity contribution in [1.29, 1.82) is 0 Å². The molecule has 0 bridgehead atoms. The first-order chi connectivity index (χ1) is 17.5. The lowest BCUT2D eigenvalue weighted by molar-refractivity contribution is -0.141. The highest BCUT2D eigenvalue weighted by molar-refractivity contribution is 7.10. The van der Waals surface area contributed by atoms with Gasteiger partial charge in [-0.1, -0.05) is 38.3 Å². The minimum atomic E-state index is -0.298. The van der Waals surface area contributed by atoms with Gasteiger partial charge in [0.2, 0.25) is 11.8 Å². The van der Waals surface area contributed by atoms with Crippen LogP contribution in [0.25, 0.3) is 0 Å². The molecule has 1 saturated heterocycles. The Morgan fingerprint density at radius 1 is 1.00 bits per heavy atom. The fourth-order valence-corrected chi connectivity index (χ4v) is 5.21. The van der Waals surface area contributed by atoms with E-state index in [9.17, 15) is 14.0 Å². The van der Waals surface area contributed by atoms with Gasteiger partial charge in [-0.05, 0) is 48.1 Å². The number of unbranched alkanes of at least 4 members (excludes halogenated alkanes) is 3. The first kappa shape index (κ1) is 28.3. The number of carbonyl (C=O) groups is 2. The van der Waals surface area contributed by atoms with Crippen molar-refractivity contribution in [2.75, 3.05) is 45.9 Å². The van der Waals surface area contributed by atoms with E-state index in [0.717, 1.165) is 61.3 Å². The predicted octanol–water partition coefficient (Wildman–Crippen LogP) is 4.86. The van der Waals surface area contributed by atoms with E-state index < -0.39 is 0 Å². The zero-order valence-corrected chi connectivity index (χ0v) is 22.5. The molecule has 0 atom stereocenters. The average molecular weight is 518 g/mol. The quantitative estimate of drug-likeness (QED) is 0.336. The van der Waals surface area contributed by atoms with Gasteiger partial charge in [-0.25, -0.2) is 4.39 Å². The van der Waals surface area contributed by atoms with E-state index >= 15 is 0 Å². The topological polar surface area (TPSA) is 53.1 Å². The Morgan fingerprint density at radius 3 is 2.42 bits per heavy atom. The van der Waals surface area contributed by atoms with Crippen molar-refractivity contribution < 1.29 is 18.7 Å². The molecule has 0 spiro atoms. The maximum absolute atomic E-state index is 13.6. The Kier molecular flexibility index (Phi) is 11.8. The molecule has 2 aromatic rings. The van der Waals surface area contributed by atoms with E-state index in [1.165, 1.54) is 12.1 Å². The summed E-state index contributed by atoms with van der Waals surface area (Å²) in [6, 6.07) is 8.32. The molecule has 1 aliphatic heterocycles. The van der Waals surface area contributed by atoms with E-state index in [4.69, 9.17) is 4.74 Å². The number of ether oxygens (including phenoxy) is 1. The number of morpholine rings is 1. The number of rotatable bonds is 14. The second kappa shape index (κ2) is 15.1. The van der Waals surface area contributed by atoms with Crippen LogP contribution in [0.1, 0.15) is 55.0 Å². The molecule has 36 heavy (non-hydrogen) atoms. The van der Waals surface area contributed by atoms with Crippen LogP contribution in [0, 0.1) is 12.7 Å². The number of benzene rings is 1. The number of hydrogen-bond acceptors (Lipinski definition) is 5. The zero-order chi connectivity index (χ0) is 25.8. The van der Waals surface area contributed by atoms with Crippen molar-refractivity contribution in [1.82, 2.24) is 14.7 Å². The fourth-order valence-electron chi connectivity index (χ4n) is 4.29. The van der Waals surface area contributed by atoms with Crippen molar-refractivity contribution in [3.8, 4) is 0 Å². The Hall–Kier alpha value is -2.29. The first-order valence-corrected chi connectivity index (χ1v) is 14.0. The number of halogens is 1. The summed E-state index contributed by atoms with van der Waals surface area (Å²) in [6.45, 7) is 9.47. The van der Waals surface area contributed by atoms with Crippen LogP contribution in [0.5, 0.6) is 0 Å². The summed E-state index contributed by atoms with van der Waals surface area (Å²) < 4.78 is 18.9. The molecule has 8 heteroatoms. The summed E-state index contributed by atoms with van der Waals surface area (Å²) in [5, 5.41) is 2.03. The minimum absolute atomic E-state index is 0.0433. The summed E-state index contributed by atoms with van der Waals surface area (Å²) in [5.41, 5.74) is 2.01. The molecule has 0 aliphatic carbocycles. The maximum atomic E-state index is 13.6. The lowest BCUT2D eigenvalue weighted by atomic mass is 10.1. The number of amides is 2. The third kappa shape index (κ3) is 9.30. The highest BCUT2D eigenvalue weighted by Gasteiger charge is 2.23. The van der Waals surface area contributed by atoms with Gasteiger partial charge in [-0.2, -0.15) is 0 Å². The van der Waals surface area contributed by atoms with E-state index in [1.54, 1.807) is 33.3 Å². The lowest BCUT2D eigenvalue weighted by Crippen LogP contribution is -2.47. The highest BCUT2D eigenvalue weighted by Crippen LogP contribution is 2.20. The molecule has 2 heterocycles. The van der Waals surface area contributed by atoms with E-state index in [0.29, 0.717) is 39.3 Å². The summed E-state index contributed by atoms with van der Waals surface area (Å²) in [7, 11) is 0. The SMILES string of the molecule is CCCCCCC(=O)N(CCN1CCOCC1)CC(=O)N(Cc1ccc(F)cc1)Cc1sccc1C. The van der Waals surface area contributed by atoms with Crippen molar-refractivity contribution in [3.63, 3.8) is 0 Å². The summed E-state index contributed by atoms with van der Waals surface area (Å²) in [5.74, 6) is -0.341. The lowest BCUT2D eigenvalue weighted by Gasteiger charge is -2.31. The maximum Gasteiger partial charge on any atom is 0.242 e. The predicted molar refractivity (Wildman–Crippen MR) is 142 cm³/mol. The standard InChI is InChI=1S/C28H40FN3O3S/c1-3-4-5-6-7-27(33)31(14-13-30-15-17-35-18-16-30)22-28(34)32(21-26-23(2)12-19-36-26)20-24-8-10-25(29)11-9-24/h8-12,19H,3-7,13-18,20-22H2,1-2H3. The number of nitrogens with zero attached hydrogens (tertiary/aromatic N) is 3. The second-order valence-electron chi connectivity index (χ2n) is 9.48. The Bertz CT molecular complexity index is 944. The number of hydrogen-bond donors (Lipinski definition) is 0. The van der Waals surface area contributed by atoms with Crippen LogP contribution in [0.2, 0.25) is 0 Å². The molecule has 3 rings (SSSR count). The molecule has 198 valence electrons. The molecular formula is C28H40FN3O3S. The Morgan fingerprint density at radius 2 is 1.75 bits per heavy atom. The summed E-state index contributed by atoms with van der Waals surface area (Å²) >= 11 is 1.63. The average Bonchev–Trinajstić information content (AvgIpc) is 3.29. The van der Waals surface area contributed by atoms with Crippen LogP contribution in [0.15, 0.2) is 35.7 Å². The van der Waals surface area contributed by atoms with Gasteiger partial charge < -0.3 is 14.5 Å². The Labute approximate surface area is 219 Å². The second-order valence-corrected chi connectivity index (χ2v) is 10.5. The van der Waals surface area contributed by atoms with Gasteiger partial charge in [0.1, 0.15) is 5.82 Å². The van der Waals surface area contributed by atoms with Crippen molar-refractivity contribution in [2.24, 2.45) is 0 Å². The normalized spacial score (nSPS) is 14.1. The molecule has 1 fully saturated rings. The fraction of sp³-hybridized carbons (Fsp3) is 0.571. The van der Waals surface area contributed by atoms with Crippen LogP contribution in [0.3, 0.4) is 0 Å². The number of carbonyl (C=O) groups excluding carboxylic acids is 2. The van der Waals surface area contributed by atoms with Crippen LogP contribution < -0.4 is 0 Å². The third-order valence-corrected chi connectivity index (χ3v) is 7.66. The summed E-state index contributed by atoms with van der Waals surface area (Å²) in [4.78, 5) is 33.7. The molecule has 0 radical (unpaired) electrons. The van der Waals surface area contributed by atoms with Crippen LogP contribution in [0.4, 0.5) is 4.39 Å². The molecule has 6 nitrogen and oxygen atoms in total. The van der Waals surface area contributed by atoms with Crippen LogP contribution in [-0.2, 0) is 27.4 Å². The molecule has 1 aliphatic rings. The van der Waals surface area contributed by atoms with Crippen molar-refractivity contribution in [2.45, 2.75) is 59.0 Å². The van der Waals surface area contributed by atoms with Gasteiger partial charge in [-0.15, -0.1) is 11.3 Å². The Balaban J connectivity index is 1.70. The monoisotopic (exact) mass is 517 g/mol. The van der Waals surface area contributed by atoms with Gasteiger partial charge in [0, 0.05) is 44.0 Å². The first-order valence-electron chi connectivity index (χ1n) is 13.1. The van der Waals surface area contributed by atoms with Gasteiger partial charge in [0.25, 0.3) is 0 Å². The number of thiophene rings is 1. The summed E-state index contributed by atoms with van der Waals surface area (Å²) in [6.07, 6.45) is 4.59. The third-order valence-electron chi connectivity index (χ3n) is 6.65. The molecule has 0 N–H and O–H groups in total. The highest BCUT2D eigenvalue weighted by atomic mass is 32.1. The van der Waals surface area contributed by atoms with E-state index in [-0.39, 0.29) is 24.2 Å². The van der Waals surface area contributed by atoms with Gasteiger partial charge >= 0.3 is 0 Å². The molecule has 2 amide bonds. The van der Waals surface area contributed by atoms with E-state index in [2.05, 4.69) is 17.9 Å². The minimum Gasteiger partial charge on any atom is -0.379 e.